The smallest absolute Gasteiger partial charge is 0.270 e. The normalized spacial score (nSPS) is 16.4. The van der Waals surface area contributed by atoms with E-state index in [-0.39, 0.29) is 21.4 Å². The van der Waals surface area contributed by atoms with Gasteiger partial charge in [-0.25, -0.2) is 13.1 Å². The second-order valence-electron chi connectivity index (χ2n) is 6.46. The fourth-order valence-corrected chi connectivity index (χ4v) is 5.40. The van der Waals surface area contributed by atoms with Gasteiger partial charge in [-0.05, 0) is 42.5 Å². The Bertz CT molecular complexity index is 1100. The second kappa shape index (κ2) is 7.78. The van der Waals surface area contributed by atoms with Crippen molar-refractivity contribution >= 4 is 32.4 Å². The number of hydrogen-bond acceptors (Lipinski definition) is 6. The molecule has 2 N–H and O–H groups in total. The van der Waals surface area contributed by atoms with E-state index in [9.17, 15) is 13.2 Å². The standard InChI is InChI=1S/C19H18N4O3S2/c24-17(14-8-2-1-3-9-14)20-18-21-22-19(27-18)28(25,26)23-16-12-6-10-13-7-4-5-11-15(13)16/h1-5,7-9,11,16,23H,6,10,12H2,(H,20,21,24). The Balaban J connectivity index is 1.50. The average Bonchev–Trinajstić information content (AvgIpc) is 3.18. The number of carbonyl (C=O) groups is 1. The third-order valence-corrected chi connectivity index (χ3v) is 7.24. The molecule has 7 nitrogen and oxygen atoms in total. The van der Waals surface area contributed by atoms with E-state index in [4.69, 9.17) is 0 Å². The fraction of sp³-hybridized carbons (Fsp3) is 0.211. The van der Waals surface area contributed by atoms with Gasteiger partial charge in [0.15, 0.2) is 0 Å². The van der Waals surface area contributed by atoms with Crippen LogP contribution in [0.2, 0.25) is 0 Å². The fourth-order valence-electron chi connectivity index (χ4n) is 3.24. The number of carbonyl (C=O) groups excluding carboxylic acids is 1. The van der Waals surface area contributed by atoms with E-state index in [2.05, 4.69) is 20.2 Å². The molecule has 3 aromatic rings. The predicted molar refractivity (Wildman–Crippen MR) is 107 cm³/mol. The maximum atomic E-state index is 12.8. The molecule has 0 bridgehead atoms. The van der Waals surface area contributed by atoms with Crippen LogP contribution in [-0.2, 0) is 16.4 Å². The maximum absolute atomic E-state index is 12.8. The zero-order chi connectivity index (χ0) is 19.6. The molecule has 1 aromatic heterocycles. The van der Waals surface area contributed by atoms with Crippen LogP contribution in [0.3, 0.4) is 0 Å². The van der Waals surface area contributed by atoms with Crippen LogP contribution in [0, 0.1) is 0 Å². The Morgan fingerprint density at radius 3 is 2.61 bits per heavy atom. The van der Waals surface area contributed by atoms with Crippen molar-refractivity contribution in [2.75, 3.05) is 5.32 Å². The van der Waals surface area contributed by atoms with Crippen LogP contribution < -0.4 is 10.0 Å². The van der Waals surface area contributed by atoms with Crippen LogP contribution in [0.15, 0.2) is 58.9 Å². The number of sulfonamides is 1. The van der Waals surface area contributed by atoms with Crippen molar-refractivity contribution in [3.05, 3.63) is 71.3 Å². The Kier molecular flexibility index (Phi) is 5.21. The largest absolute Gasteiger partial charge is 0.296 e. The van der Waals surface area contributed by atoms with Gasteiger partial charge in [0.25, 0.3) is 15.9 Å². The van der Waals surface area contributed by atoms with Gasteiger partial charge in [-0.2, -0.15) is 0 Å². The Labute approximate surface area is 166 Å². The number of nitrogens with zero attached hydrogens (tertiary/aromatic N) is 2. The van der Waals surface area contributed by atoms with Gasteiger partial charge in [-0.15, -0.1) is 10.2 Å². The molecule has 1 amide bonds. The van der Waals surface area contributed by atoms with Gasteiger partial charge in [-0.1, -0.05) is 53.8 Å². The zero-order valence-electron chi connectivity index (χ0n) is 14.8. The summed E-state index contributed by atoms with van der Waals surface area (Å²) in [5.41, 5.74) is 2.62. The van der Waals surface area contributed by atoms with Crippen LogP contribution in [0.1, 0.15) is 40.4 Å². The molecule has 1 unspecified atom stereocenters. The summed E-state index contributed by atoms with van der Waals surface area (Å²) in [6, 6.07) is 16.2. The van der Waals surface area contributed by atoms with Crippen LogP contribution in [0.5, 0.6) is 0 Å². The molecule has 2 aromatic carbocycles. The highest BCUT2D eigenvalue weighted by molar-refractivity contribution is 7.91. The molecule has 28 heavy (non-hydrogen) atoms. The maximum Gasteiger partial charge on any atom is 0.270 e. The van der Waals surface area contributed by atoms with Crippen LogP contribution in [-0.4, -0.2) is 24.5 Å². The number of fused-ring (bicyclic) bond motifs is 1. The second-order valence-corrected chi connectivity index (χ2v) is 9.32. The number of benzene rings is 2. The lowest BCUT2D eigenvalue weighted by Crippen LogP contribution is -2.31. The van der Waals surface area contributed by atoms with Crippen LogP contribution >= 0.6 is 11.3 Å². The van der Waals surface area contributed by atoms with Gasteiger partial charge in [0.1, 0.15) is 0 Å². The monoisotopic (exact) mass is 414 g/mol. The summed E-state index contributed by atoms with van der Waals surface area (Å²) in [5, 5.41) is 10.3. The summed E-state index contributed by atoms with van der Waals surface area (Å²) in [7, 11) is -3.84. The molecule has 0 saturated heterocycles. The zero-order valence-corrected chi connectivity index (χ0v) is 16.5. The third kappa shape index (κ3) is 3.96. The lowest BCUT2D eigenvalue weighted by molar-refractivity contribution is 0.102. The van der Waals surface area contributed by atoms with E-state index in [1.165, 1.54) is 0 Å². The number of anilines is 1. The molecule has 1 aliphatic rings. The first-order chi connectivity index (χ1) is 13.5. The topological polar surface area (TPSA) is 101 Å². The molecule has 1 atom stereocenters. The highest BCUT2D eigenvalue weighted by Gasteiger charge is 2.28. The minimum Gasteiger partial charge on any atom is -0.296 e. The van der Waals surface area contributed by atoms with Crippen molar-refractivity contribution in [1.82, 2.24) is 14.9 Å². The molecule has 4 rings (SSSR count). The molecule has 144 valence electrons. The summed E-state index contributed by atoms with van der Waals surface area (Å²) in [4.78, 5) is 12.2. The molecule has 0 aliphatic heterocycles. The molecule has 0 saturated carbocycles. The van der Waals surface area contributed by atoms with E-state index in [0.717, 1.165) is 41.7 Å². The van der Waals surface area contributed by atoms with E-state index < -0.39 is 10.0 Å². The highest BCUT2D eigenvalue weighted by atomic mass is 32.2. The molecule has 1 heterocycles. The first kappa shape index (κ1) is 18.7. The van der Waals surface area contributed by atoms with E-state index in [0.29, 0.717) is 5.56 Å². The SMILES string of the molecule is O=C(Nc1nnc(S(=O)(=O)NC2CCCc3ccccc32)s1)c1ccccc1. The first-order valence-electron chi connectivity index (χ1n) is 8.83. The molecular weight excluding hydrogens is 396 g/mol. The van der Waals surface area contributed by atoms with Gasteiger partial charge in [0, 0.05) is 11.6 Å². The van der Waals surface area contributed by atoms with E-state index in [1.54, 1.807) is 24.3 Å². The molecule has 0 fully saturated rings. The molecule has 0 radical (unpaired) electrons. The van der Waals surface area contributed by atoms with Crippen molar-refractivity contribution in [3.63, 3.8) is 0 Å². The molecule has 1 aliphatic carbocycles. The lowest BCUT2D eigenvalue weighted by atomic mass is 9.88. The van der Waals surface area contributed by atoms with Crippen LogP contribution in [0.4, 0.5) is 5.13 Å². The van der Waals surface area contributed by atoms with Crippen LogP contribution in [0.25, 0.3) is 0 Å². The minimum absolute atomic E-state index is 0.137. The van der Waals surface area contributed by atoms with Gasteiger partial charge in [-0.3, -0.25) is 10.1 Å². The van der Waals surface area contributed by atoms with Gasteiger partial charge in [0.2, 0.25) is 9.47 Å². The third-order valence-electron chi connectivity index (χ3n) is 4.56. The Hall–Kier alpha value is -2.62. The predicted octanol–water partition coefficient (Wildman–Crippen LogP) is 3.15. The average molecular weight is 415 g/mol. The van der Waals surface area contributed by atoms with E-state index >= 15 is 0 Å². The summed E-state index contributed by atoms with van der Waals surface area (Å²) in [6.45, 7) is 0. The quantitative estimate of drug-likeness (QED) is 0.625. The number of aryl methyl sites for hydroxylation is 1. The first-order valence-corrected chi connectivity index (χ1v) is 11.1. The lowest BCUT2D eigenvalue weighted by Gasteiger charge is -2.25. The number of rotatable bonds is 5. The Morgan fingerprint density at radius 2 is 1.79 bits per heavy atom. The molecule has 9 heteroatoms. The summed E-state index contributed by atoms with van der Waals surface area (Å²) in [5.74, 6) is -0.366. The van der Waals surface area contributed by atoms with E-state index in [1.807, 2.05) is 30.3 Å². The number of aromatic nitrogens is 2. The summed E-state index contributed by atoms with van der Waals surface area (Å²) >= 11 is 0.828. The number of hydrogen-bond donors (Lipinski definition) is 2. The van der Waals surface area contributed by atoms with Crippen molar-refractivity contribution in [1.29, 1.82) is 0 Å². The molecule has 0 spiro atoms. The number of amides is 1. The minimum atomic E-state index is -3.84. The van der Waals surface area contributed by atoms with Gasteiger partial charge < -0.3 is 0 Å². The van der Waals surface area contributed by atoms with Crippen molar-refractivity contribution in [3.8, 4) is 0 Å². The molecular formula is C19H18N4O3S2. The van der Waals surface area contributed by atoms with Crippen molar-refractivity contribution < 1.29 is 13.2 Å². The van der Waals surface area contributed by atoms with Crippen molar-refractivity contribution in [2.45, 2.75) is 29.6 Å². The number of nitrogens with one attached hydrogen (secondary N) is 2. The summed E-state index contributed by atoms with van der Waals surface area (Å²) in [6.07, 6.45) is 2.59. The van der Waals surface area contributed by atoms with Crippen molar-refractivity contribution in [2.24, 2.45) is 0 Å². The van der Waals surface area contributed by atoms with Gasteiger partial charge >= 0.3 is 0 Å². The summed E-state index contributed by atoms with van der Waals surface area (Å²) < 4.78 is 28.1. The van der Waals surface area contributed by atoms with Gasteiger partial charge in [0.05, 0.1) is 0 Å². The highest BCUT2D eigenvalue weighted by Crippen LogP contribution is 2.31. The Morgan fingerprint density at radius 1 is 1.04 bits per heavy atom.